The molecule has 178 valence electrons. The lowest BCUT2D eigenvalue weighted by Crippen LogP contribution is -2.22. The normalized spacial score (nSPS) is 11.3. The van der Waals surface area contributed by atoms with E-state index in [0.717, 1.165) is 4.90 Å². The van der Waals surface area contributed by atoms with Gasteiger partial charge in [-0.05, 0) is 61.5 Å². The summed E-state index contributed by atoms with van der Waals surface area (Å²) in [6, 6.07) is 17.3. The SMILES string of the molecule is COc1ccc(NC(=O)C(C)Sc2cccc(NC(=O)c3ccc(OC)c(OC)c3)c2)cc1Cl. The summed E-state index contributed by atoms with van der Waals surface area (Å²) < 4.78 is 15.6. The van der Waals surface area contributed by atoms with Crippen molar-refractivity contribution in [3.05, 3.63) is 71.2 Å². The van der Waals surface area contributed by atoms with E-state index in [-0.39, 0.29) is 11.8 Å². The molecular weight excluding hydrogens is 476 g/mol. The molecule has 34 heavy (non-hydrogen) atoms. The lowest BCUT2D eigenvalue weighted by atomic mass is 10.2. The number of thioether (sulfide) groups is 1. The summed E-state index contributed by atoms with van der Waals surface area (Å²) in [5.74, 6) is 1.09. The van der Waals surface area contributed by atoms with Gasteiger partial charge in [-0.15, -0.1) is 11.8 Å². The summed E-state index contributed by atoms with van der Waals surface area (Å²) >= 11 is 7.50. The molecule has 0 saturated carbocycles. The molecule has 0 fully saturated rings. The molecule has 0 bridgehead atoms. The number of nitrogens with one attached hydrogen (secondary N) is 2. The topological polar surface area (TPSA) is 85.9 Å². The van der Waals surface area contributed by atoms with E-state index in [2.05, 4.69) is 10.6 Å². The summed E-state index contributed by atoms with van der Waals surface area (Å²) in [6.45, 7) is 1.81. The van der Waals surface area contributed by atoms with E-state index in [1.807, 2.05) is 18.2 Å². The Hall–Kier alpha value is -3.36. The van der Waals surface area contributed by atoms with Crippen LogP contribution in [0.4, 0.5) is 11.4 Å². The van der Waals surface area contributed by atoms with Crippen LogP contribution in [0.3, 0.4) is 0 Å². The number of carbonyl (C=O) groups excluding carboxylic acids is 2. The molecule has 9 heteroatoms. The predicted octanol–water partition coefficient (Wildman–Crippen LogP) is 5.74. The Morgan fingerprint density at radius 1 is 0.824 bits per heavy atom. The third-order valence-corrected chi connectivity index (χ3v) is 6.23. The summed E-state index contributed by atoms with van der Waals surface area (Å²) in [6.07, 6.45) is 0. The van der Waals surface area contributed by atoms with Crippen molar-refractivity contribution in [3.8, 4) is 17.2 Å². The standard InChI is InChI=1S/C25H25ClN2O5S/c1-15(24(29)27-18-9-11-21(31-2)20(26)14-18)34-19-7-5-6-17(13-19)28-25(30)16-8-10-22(32-3)23(12-16)33-4/h5-15H,1-4H3,(H,27,29)(H,28,30). The second-order valence-corrected chi connectivity index (χ2v) is 8.97. The Bertz CT molecular complexity index is 1190. The third kappa shape index (κ3) is 6.36. The Balaban J connectivity index is 1.64. The molecule has 0 saturated heterocycles. The first-order chi connectivity index (χ1) is 16.3. The Labute approximate surface area is 207 Å². The first kappa shape index (κ1) is 25.3. The number of hydrogen-bond acceptors (Lipinski definition) is 6. The molecule has 3 aromatic rings. The van der Waals surface area contributed by atoms with Gasteiger partial charge in [0.1, 0.15) is 5.75 Å². The number of methoxy groups -OCH3 is 3. The molecule has 1 atom stereocenters. The zero-order valence-corrected chi connectivity index (χ0v) is 20.8. The molecule has 2 N–H and O–H groups in total. The molecular formula is C25H25ClN2O5S. The molecule has 0 aliphatic carbocycles. The van der Waals surface area contributed by atoms with Crippen LogP contribution in [0.25, 0.3) is 0 Å². The fourth-order valence-electron chi connectivity index (χ4n) is 3.07. The van der Waals surface area contributed by atoms with E-state index < -0.39 is 5.25 Å². The van der Waals surface area contributed by atoms with Gasteiger partial charge in [-0.3, -0.25) is 9.59 Å². The summed E-state index contributed by atoms with van der Waals surface area (Å²) in [5.41, 5.74) is 1.63. The highest BCUT2D eigenvalue weighted by molar-refractivity contribution is 8.00. The number of ether oxygens (including phenoxy) is 3. The lowest BCUT2D eigenvalue weighted by Gasteiger charge is -2.14. The highest BCUT2D eigenvalue weighted by Crippen LogP contribution is 2.30. The molecule has 0 aromatic heterocycles. The van der Waals surface area contributed by atoms with Crippen LogP contribution < -0.4 is 24.8 Å². The van der Waals surface area contributed by atoms with Crippen molar-refractivity contribution in [3.63, 3.8) is 0 Å². The van der Waals surface area contributed by atoms with Crippen molar-refractivity contribution in [2.45, 2.75) is 17.1 Å². The zero-order chi connectivity index (χ0) is 24.7. The molecule has 0 aliphatic rings. The van der Waals surface area contributed by atoms with Crippen molar-refractivity contribution >= 4 is 46.6 Å². The average Bonchev–Trinajstić information content (AvgIpc) is 2.83. The summed E-state index contributed by atoms with van der Waals surface area (Å²) in [4.78, 5) is 26.2. The first-order valence-electron chi connectivity index (χ1n) is 10.3. The number of anilines is 2. The van der Waals surface area contributed by atoms with Gasteiger partial charge in [0.15, 0.2) is 11.5 Å². The maximum absolute atomic E-state index is 12.7. The second kappa shape index (κ2) is 11.7. The fourth-order valence-corrected chi connectivity index (χ4v) is 4.26. The van der Waals surface area contributed by atoms with E-state index in [4.69, 9.17) is 25.8 Å². The minimum absolute atomic E-state index is 0.175. The molecule has 2 amide bonds. The average molecular weight is 501 g/mol. The van der Waals surface area contributed by atoms with Crippen LogP contribution in [0.5, 0.6) is 17.2 Å². The number of benzene rings is 3. The van der Waals surface area contributed by atoms with Crippen molar-refractivity contribution in [1.29, 1.82) is 0 Å². The summed E-state index contributed by atoms with van der Waals surface area (Å²) in [7, 11) is 4.58. The van der Waals surface area contributed by atoms with Gasteiger partial charge < -0.3 is 24.8 Å². The second-order valence-electron chi connectivity index (χ2n) is 7.15. The molecule has 0 heterocycles. The van der Waals surface area contributed by atoms with Crippen molar-refractivity contribution in [2.24, 2.45) is 0 Å². The van der Waals surface area contributed by atoms with Crippen molar-refractivity contribution in [2.75, 3.05) is 32.0 Å². The monoisotopic (exact) mass is 500 g/mol. The maximum atomic E-state index is 12.7. The molecule has 7 nitrogen and oxygen atoms in total. The van der Waals surface area contributed by atoms with Gasteiger partial charge in [0, 0.05) is 21.8 Å². The third-order valence-electron chi connectivity index (χ3n) is 4.84. The minimum Gasteiger partial charge on any atom is -0.495 e. The molecule has 0 aliphatic heterocycles. The number of carbonyl (C=O) groups is 2. The lowest BCUT2D eigenvalue weighted by molar-refractivity contribution is -0.115. The predicted molar refractivity (Wildman–Crippen MR) is 136 cm³/mol. The van der Waals surface area contributed by atoms with Gasteiger partial charge in [0.25, 0.3) is 5.91 Å². The van der Waals surface area contributed by atoms with Crippen LogP contribution in [0.15, 0.2) is 65.6 Å². The van der Waals surface area contributed by atoms with Crippen LogP contribution in [0.1, 0.15) is 17.3 Å². The van der Waals surface area contributed by atoms with E-state index in [1.54, 1.807) is 49.4 Å². The van der Waals surface area contributed by atoms with Gasteiger partial charge in [-0.1, -0.05) is 17.7 Å². The van der Waals surface area contributed by atoms with Crippen LogP contribution in [-0.2, 0) is 4.79 Å². The Morgan fingerprint density at radius 3 is 2.18 bits per heavy atom. The van der Waals surface area contributed by atoms with E-state index in [1.165, 1.54) is 33.1 Å². The van der Waals surface area contributed by atoms with Crippen LogP contribution in [0.2, 0.25) is 5.02 Å². The Kier molecular flexibility index (Phi) is 8.67. The van der Waals surface area contributed by atoms with Gasteiger partial charge in [0.05, 0.1) is 31.6 Å². The summed E-state index contributed by atoms with van der Waals surface area (Å²) in [5, 5.41) is 5.75. The molecule has 1 unspecified atom stereocenters. The fraction of sp³-hybridized carbons (Fsp3) is 0.200. The van der Waals surface area contributed by atoms with Crippen molar-refractivity contribution < 1.29 is 23.8 Å². The number of hydrogen-bond donors (Lipinski definition) is 2. The van der Waals surface area contributed by atoms with Crippen LogP contribution in [-0.4, -0.2) is 38.4 Å². The molecule has 0 radical (unpaired) electrons. The maximum Gasteiger partial charge on any atom is 0.255 e. The van der Waals surface area contributed by atoms with Crippen molar-refractivity contribution in [1.82, 2.24) is 0 Å². The molecule has 3 aromatic carbocycles. The van der Waals surface area contributed by atoms with E-state index in [9.17, 15) is 9.59 Å². The van der Waals surface area contributed by atoms with Gasteiger partial charge >= 0.3 is 0 Å². The molecule has 0 spiro atoms. The smallest absolute Gasteiger partial charge is 0.255 e. The van der Waals surface area contributed by atoms with Gasteiger partial charge in [0.2, 0.25) is 5.91 Å². The first-order valence-corrected chi connectivity index (χ1v) is 11.5. The van der Waals surface area contributed by atoms with Crippen LogP contribution >= 0.6 is 23.4 Å². The number of amides is 2. The minimum atomic E-state index is -0.391. The van der Waals surface area contributed by atoms with E-state index in [0.29, 0.717) is 39.2 Å². The number of rotatable bonds is 9. The van der Waals surface area contributed by atoms with Gasteiger partial charge in [-0.25, -0.2) is 0 Å². The highest BCUT2D eigenvalue weighted by Gasteiger charge is 2.16. The largest absolute Gasteiger partial charge is 0.495 e. The number of halogens is 1. The van der Waals surface area contributed by atoms with E-state index >= 15 is 0 Å². The van der Waals surface area contributed by atoms with Crippen LogP contribution in [0, 0.1) is 0 Å². The van der Waals surface area contributed by atoms with Gasteiger partial charge in [-0.2, -0.15) is 0 Å². The Morgan fingerprint density at radius 2 is 1.50 bits per heavy atom. The zero-order valence-electron chi connectivity index (χ0n) is 19.2. The quantitative estimate of drug-likeness (QED) is 0.364. The molecule has 3 rings (SSSR count). The highest BCUT2D eigenvalue weighted by atomic mass is 35.5.